The number of hydrogen-bond acceptors (Lipinski definition) is 7. The highest BCUT2D eigenvalue weighted by atomic mass is 16.5. The van der Waals surface area contributed by atoms with E-state index in [9.17, 15) is 0 Å². The Kier molecular flexibility index (Phi) is 9.87. The van der Waals surface area contributed by atoms with Crippen LogP contribution < -0.4 is 14.2 Å². The van der Waals surface area contributed by atoms with Gasteiger partial charge < -0.3 is 24.4 Å². The van der Waals surface area contributed by atoms with Gasteiger partial charge in [-0.1, -0.05) is 19.3 Å². The largest absolute Gasteiger partial charge is 0.496 e. The molecular formula is C22H34N2O7. The minimum absolute atomic E-state index is 0.713. The fourth-order valence-corrected chi connectivity index (χ4v) is 4.19. The summed E-state index contributed by atoms with van der Waals surface area (Å²) in [5.74, 6) is -1.30. The lowest BCUT2D eigenvalue weighted by Gasteiger charge is -2.40. The van der Waals surface area contributed by atoms with Crippen LogP contribution in [-0.4, -0.2) is 85.5 Å². The lowest BCUT2D eigenvalue weighted by atomic mass is 9.94. The molecule has 174 valence electrons. The van der Waals surface area contributed by atoms with Crippen LogP contribution in [-0.2, 0) is 16.1 Å². The predicted octanol–water partition coefficient (Wildman–Crippen LogP) is 2.32. The van der Waals surface area contributed by atoms with Gasteiger partial charge in [-0.25, -0.2) is 9.59 Å². The minimum Gasteiger partial charge on any atom is -0.496 e. The molecular weight excluding hydrogens is 404 g/mol. The summed E-state index contributed by atoms with van der Waals surface area (Å²) in [4.78, 5) is 23.4. The van der Waals surface area contributed by atoms with E-state index in [2.05, 4.69) is 9.80 Å². The van der Waals surface area contributed by atoms with E-state index in [0.717, 1.165) is 42.7 Å². The second-order valence-corrected chi connectivity index (χ2v) is 7.73. The van der Waals surface area contributed by atoms with Crippen molar-refractivity contribution in [3.05, 3.63) is 17.7 Å². The van der Waals surface area contributed by atoms with Crippen LogP contribution in [0.2, 0.25) is 0 Å². The molecule has 31 heavy (non-hydrogen) atoms. The first-order valence-electron chi connectivity index (χ1n) is 10.6. The summed E-state index contributed by atoms with van der Waals surface area (Å²) >= 11 is 0. The van der Waals surface area contributed by atoms with E-state index in [0.29, 0.717) is 5.75 Å². The maximum absolute atomic E-state index is 9.10. The molecule has 1 heterocycles. The molecule has 1 aliphatic heterocycles. The Morgan fingerprint density at radius 3 is 1.84 bits per heavy atom. The summed E-state index contributed by atoms with van der Waals surface area (Å²) in [7, 11) is 5.05. The van der Waals surface area contributed by atoms with Gasteiger partial charge in [-0.2, -0.15) is 0 Å². The van der Waals surface area contributed by atoms with E-state index in [-0.39, 0.29) is 0 Å². The minimum atomic E-state index is -1.82. The monoisotopic (exact) mass is 438 g/mol. The van der Waals surface area contributed by atoms with Gasteiger partial charge in [0.05, 0.1) is 21.3 Å². The van der Waals surface area contributed by atoms with E-state index in [1.807, 2.05) is 12.1 Å². The highest BCUT2D eigenvalue weighted by molar-refractivity contribution is 6.27. The Balaban J connectivity index is 0.000000501. The Morgan fingerprint density at radius 2 is 1.35 bits per heavy atom. The summed E-state index contributed by atoms with van der Waals surface area (Å²) in [5, 5.41) is 14.8. The second-order valence-electron chi connectivity index (χ2n) is 7.73. The molecule has 0 aromatic heterocycles. The average Bonchev–Trinajstić information content (AvgIpc) is 2.80. The predicted molar refractivity (Wildman–Crippen MR) is 115 cm³/mol. The summed E-state index contributed by atoms with van der Waals surface area (Å²) in [6.45, 7) is 5.49. The van der Waals surface area contributed by atoms with Gasteiger partial charge in [0, 0.05) is 50.4 Å². The third-order valence-corrected chi connectivity index (χ3v) is 5.86. The lowest BCUT2D eigenvalue weighted by molar-refractivity contribution is -0.159. The molecule has 9 nitrogen and oxygen atoms in total. The summed E-state index contributed by atoms with van der Waals surface area (Å²) in [6.07, 6.45) is 7.03. The van der Waals surface area contributed by atoms with Gasteiger partial charge in [0.2, 0.25) is 0 Å². The zero-order valence-electron chi connectivity index (χ0n) is 18.6. The molecule has 1 aliphatic carbocycles. The molecule has 9 heteroatoms. The molecule has 1 aromatic carbocycles. The van der Waals surface area contributed by atoms with Crippen molar-refractivity contribution in [1.82, 2.24) is 9.80 Å². The first kappa shape index (κ1) is 24.7. The first-order valence-corrected chi connectivity index (χ1v) is 10.6. The SMILES string of the molecule is COc1cc(OC)c(OC)cc1CN1CCN(C2CCCCC2)CC1.O=C(O)C(=O)O. The third-order valence-electron chi connectivity index (χ3n) is 5.86. The average molecular weight is 439 g/mol. The van der Waals surface area contributed by atoms with Gasteiger partial charge in [0.1, 0.15) is 5.75 Å². The molecule has 3 rings (SSSR count). The molecule has 2 N–H and O–H groups in total. The van der Waals surface area contributed by atoms with Crippen LogP contribution in [0.25, 0.3) is 0 Å². The lowest BCUT2D eigenvalue weighted by Crippen LogP contribution is -2.50. The highest BCUT2D eigenvalue weighted by Gasteiger charge is 2.25. The van der Waals surface area contributed by atoms with Crippen molar-refractivity contribution in [1.29, 1.82) is 0 Å². The van der Waals surface area contributed by atoms with E-state index < -0.39 is 11.9 Å². The first-order chi connectivity index (χ1) is 14.9. The maximum atomic E-state index is 9.10. The highest BCUT2D eigenvalue weighted by Crippen LogP contribution is 2.35. The zero-order chi connectivity index (χ0) is 22.8. The number of carboxylic acids is 2. The normalized spacial score (nSPS) is 17.9. The Hall–Kier alpha value is -2.52. The number of piperazine rings is 1. The number of ether oxygens (including phenoxy) is 3. The molecule has 0 amide bonds. The van der Waals surface area contributed by atoms with Gasteiger partial charge in [-0.05, 0) is 18.9 Å². The van der Waals surface area contributed by atoms with Crippen LogP contribution in [0.5, 0.6) is 17.2 Å². The van der Waals surface area contributed by atoms with Crippen LogP contribution in [0.15, 0.2) is 12.1 Å². The van der Waals surface area contributed by atoms with Crippen molar-refractivity contribution in [2.24, 2.45) is 0 Å². The number of methoxy groups -OCH3 is 3. The number of rotatable bonds is 6. The van der Waals surface area contributed by atoms with Crippen LogP contribution in [0.4, 0.5) is 0 Å². The molecule has 0 bridgehead atoms. The zero-order valence-corrected chi connectivity index (χ0v) is 18.6. The molecule has 1 saturated carbocycles. The van der Waals surface area contributed by atoms with Crippen molar-refractivity contribution in [2.45, 2.75) is 44.7 Å². The van der Waals surface area contributed by atoms with Crippen LogP contribution in [0, 0.1) is 0 Å². The topological polar surface area (TPSA) is 109 Å². The van der Waals surface area contributed by atoms with Crippen molar-refractivity contribution in [3.63, 3.8) is 0 Å². The van der Waals surface area contributed by atoms with Gasteiger partial charge in [-0.15, -0.1) is 0 Å². The number of benzene rings is 1. The molecule has 2 aliphatic rings. The van der Waals surface area contributed by atoms with E-state index >= 15 is 0 Å². The van der Waals surface area contributed by atoms with Crippen molar-refractivity contribution >= 4 is 11.9 Å². The van der Waals surface area contributed by atoms with Gasteiger partial charge in [0.25, 0.3) is 0 Å². The van der Waals surface area contributed by atoms with Crippen molar-refractivity contribution in [2.75, 3.05) is 47.5 Å². The van der Waals surface area contributed by atoms with E-state index in [4.69, 9.17) is 34.0 Å². The summed E-state index contributed by atoms with van der Waals surface area (Å²) in [5.41, 5.74) is 1.16. The maximum Gasteiger partial charge on any atom is 0.414 e. The van der Waals surface area contributed by atoms with Crippen molar-refractivity contribution < 1.29 is 34.0 Å². The second kappa shape index (κ2) is 12.4. The standard InChI is InChI=1S/C20H32N2O3.C2H2O4/c1-23-18-14-20(25-3)19(24-2)13-16(18)15-21-9-11-22(12-10-21)17-7-5-4-6-8-17;3-1(4)2(5)6/h13-14,17H,4-12,15H2,1-3H3;(H,3,4)(H,5,6). The fourth-order valence-electron chi connectivity index (χ4n) is 4.19. The summed E-state index contributed by atoms with van der Waals surface area (Å²) < 4.78 is 16.4. The molecule has 1 saturated heterocycles. The number of carbonyl (C=O) groups is 2. The molecule has 0 unspecified atom stereocenters. The Bertz CT molecular complexity index is 715. The number of nitrogens with zero attached hydrogens (tertiary/aromatic N) is 2. The quantitative estimate of drug-likeness (QED) is 0.647. The molecule has 0 radical (unpaired) electrons. The van der Waals surface area contributed by atoms with Crippen LogP contribution in [0.1, 0.15) is 37.7 Å². The number of aliphatic carboxylic acids is 2. The van der Waals surface area contributed by atoms with Crippen LogP contribution in [0.3, 0.4) is 0 Å². The number of carboxylic acid groups (broad SMARTS) is 2. The Morgan fingerprint density at radius 1 is 0.839 bits per heavy atom. The Labute approximate surface area is 183 Å². The molecule has 0 spiro atoms. The van der Waals surface area contributed by atoms with Gasteiger partial charge >= 0.3 is 11.9 Å². The van der Waals surface area contributed by atoms with Gasteiger partial charge in [-0.3, -0.25) is 9.80 Å². The third kappa shape index (κ3) is 7.29. The molecule has 2 fully saturated rings. The molecule has 0 atom stereocenters. The van der Waals surface area contributed by atoms with E-state index in [1.54, 1.807) is 21.3 Å². The summed E-state index contributed by atoms with van der Waals surface area (Å²) in [6, 6.07) is 4.80. The smallest absolute Gasteiger partial charge is 0.414 e. The van der Waals surface area contributed by atoms with E-state index in [1.165, 1.54) is 45.2 Å². The molecule has 1 aromatic rings. The number of hydrogen-bond donors (Lipinski definition) is 2. The van der Waals surface area contributed by atoms with Crippen LogP contribution >= 0.6 is 0 Å². The van der Waals surface area contributed by atoms with Gasteiger partial charge in [0.15, 0.2) is 11.5 Å². The van der Waals surface area contributed by atoms with Crippen molar-refractivity contribution in [3.8, 4) is 17.2 Å². The fraction of sp³-hybridized carbons (Fsp3) is 0.636.